The lowest BCUT2D eigenvalue weighted by Gasteiger charge is -2.19. The monoisotopic (exact) mass is 297 g/mol. The minimum Gasteiger partial charge on any atom is -0.375 e. The third-order valence-electron chi connectivity index (χ3n) is 3.19. The highest BCUT2D eigenvalue weighted by atomic mass is 16.5. The molecule has 0 spiro atoms. The van der Waals surface area contributed by atoms with Crippen LogP contribution in [0.25, 0.3) is 0 Å². The largest absolute Gasteiger partial charge is 0.375 e. The zero-order valence-corrected chi connectivity index (χ0v) is 12.3. The maximum absolute atomic E-state index is 9.73. The van der Waals surface area contributed by atoms with Gasteiger partial charge in [-0.15, -0.1) is 0 Å². The van der Waals surface area contributed by atoms with E-state index in [-0.39, 0.29) is 6.61 Å². The molecule has 0 bridgehead atoms. The summed E-state index contributed by atoms with van der Waals surface area (Å²) in [7, 11) is 0. The van der Waals surface area contributed by atoms with Crippen molar-refractivity contribution >= 4 is 0 Å². The van der Waals surface area contributed by atoms with Gasteiger partial charge in [0, 0.05) is 0 Å². The normalized spacial score (nSPS) is 13.3. The number of aliphatic hydroxyl groups excluding tert-OH is 1. The first-order valence-electron chi connectivity index (χ1n) is 7.14. The van der Waals surface area contributed by atoms with E-state index in [1.807, 2.05) is 60.7 Å². The smallest absolute Gasteiger partial charge is 0.168 e. The molecule has 1 N–H and O–H groups in total. The molecule has 0 saturated carbocycles. The summed E-state index contributed by atoms with van der Waals surface area (Å²) in [5.41, 5.74) is 2.02. The highest BCUT2D eigenvalue weighted by Gasteiger charge is 2.20. The number of ether oxygens (including phenoxy) is 2. The summed E-state index contributed by atoms with van der Waals surface area (Å²) >= 11 is 0. The first kappa shape index (κ1) is 16.2. The average molecular weight is 297 g/mol. The minimum absolute atomic E-state index is 0.163. The van der Waals surface area contributed by atoms with Gasteiger partial charge in [0.1, 0.15) is 6.10 Å². The van der Waals surface area contributed by atoms with E-state index >= 15 is 0 Å². The molecule has 114 valence electrons. The zero-order valence-electron chi connectivity index (χ0n) is 12.3. The van der Waals surface area contributed by atoms with Gasteiger partial charge in [-0.1, -0.05) is 60.7 Å². The molecule has 2 atom stereocenters. The number of benzene rings is 2. The number of nitrogens with zero attached hydrogens (tertiary/aromatic N) is 1. The van der Waals surface area contributed by atoms with Gasteiger partial charge in [0.25, 0.3) is 0 Å². The van der Waals surface area contributed by atoms with Crippen LogP contribution in [-0.2, 0) is 22.7 Å². The van der Waals surface area contributed by atoms with Gasteiger partial charge >= 0.3 is 0 Å². The number of hydrogen-bond acceptors (Lipinski definition) is 4. The Morgan fingerprint density at radius 1 is 0.909 bits per heavy atom. The van der Waals surface area contributed by atoms with E-state index in [4.69, 9.17) is 14.7 Å². The Labute approximate surface area is 130 Å². The van der Waals surface area contributed by atoms with E-state index in [2.05, 4.69) is 0 Å². The van der Waals surface area contributed by atoms with Crippen molar-refractivity contribution in [1.82, 2.24) is 0 Å². The fourth-order valence-corrected chi connectivity index (χ4v) is 1.96. The Kier molecular flexibility index (Phi) is 6.59. The summed E-state index contributed by atoms with van der Waals surface area (Å²) in [6, 6.07) is 21.2. The second-order valence-electron chi connectivity index (χ2n) is 4.91. The predicted molar refractivity (Wildman–Crippen MR) is 82.7 cm³/mol. The van der Waals surface area contributed by atoms with Gasteiger partial charge in [0.05, 0.1) is 25.9 Å². The molecule has 0 aliphatic heterocycles. The third kappa shape index (κ3) is 5.30. The van der Waals surface area contributed by atoms with Gasteiger partial charge in [-0.2, -0.15) is 5.26 Å². The molecule has 0 aromatic heterocycles. The van der Waals surface area contributed by atoms with Gasteiger partial charge in [-0.3, -0.25) is 0 Å². The molecule has 0 radical (unpaired) electrons. The molecule has 0 unspecified atom stereocenters. The lowest BCUT2D eigenvalue weighted by molar-refractivity contribution is -0.0729. The van der Waals surface area contributed by atoms with Gasteiger partial charge in [0.15, 0.2) is 6.10 Å². The molecule has 4 heteroatoms. The standard InChI is InChI=1S/C18H19NO3/c19-11-17(20)18(22-13-16-9-5-2-6-10-16)14-21-12-15-7-3-1-4-8-15/h1-10,17-18,20H,12-14H2/t17-,18-/m0/s1. The molecule has 4 nitrogen and oxygen atoms in total. The van der Waals surface area contributed by atoms with E-state index < -0.39 is 12.2 Å². The number of hydrogen-bond donors (Lipinski definition) is 1. The van der Waals surface area contributed by atoms with Crippen LogP contribution in [-0.4, -0.2) is 23.9 Å². The topological polar surface area (TPSA) is 62.5 Å². The lowest BCUT2D eigenvalue weighted by atomic mass is 10.2. The van der Waals surface area contributed by atoms with Crippen molar-refractivity contribution in [3.63, 3.8) is 0 Å². The fourth-order valence-electron chi connectivity index (χ4n) is 1.96. The Balaban J connectivity index is 1.83. The summed E-state index contributed by atoms with van der Waals surface area (Å²) in [4.78, 5) is 0. The van der Waals surface area contributed by atoms with Crippen molar-refractivity contribution in [2.45, 2.75) is 25.4 Å². The van der Waals surface area contributed by atoms with Crippen molar-refractivity contribution in [3.8, 4) is 6.07 Å². The molecule has 0 amide bonds. The number of nitriles is 1. The SMILES string of the molecule is N#C[C@H](O)[C@H](COCc1ccccc1)OCc1ccccc1. The van der Waals surface area contributed by atoms with Crippen LogP contribution in [0.3, 0.4) is 0 Å². The van der Waals surface area contributed by atoms with Crippen molar-refractivity contribution in [1.29, 1.82) is 5.26 Å². The molecule has 0 heterocycles. The first-order valence-corrected chi connectivity index (χ1v) is 7.14. The van der Waals surface area contributed by atoms with Gasteiger partial charge in [-0.25, -0.2) is 0 Å². The van der Waals surface area contributed by atoms with Crippen LogP contribution in [0.4, 0.5) is 0 Å². The van der Waals surface area contributed by atoms with E-state index in [1.54, 1.807) is 6.07 Å². The fraction of sp³-hybridized carbons (Fsp3) is 0.278. The zero-order chi connectivity index (χ0) is 15.6. The van der Waals surface area contributed by atoms with Crippen LogP contribution in [0.5, 0.6) is 0 Å². The molecular weight excluding hydrogens is 278 g/mol. The minimum atomic E-state index is -1.21. The van der Waals surface area contributed by atoms with Crippen molar-refractivity contribution in [2.75, 3.05) is 6.61 Å². The van der Waals surface area contributed by atoms with Crippen LogP contribution in [0.2, 0.25) is 0 Å². The summed E-state index contributed by atoms with van der Waals surface area (Å²) in [5, 5.41) is 18.6. The van der Waals surface area contributed by atoms with Crippen molar-refractivity contribution in [2.24, 2.45) is 0 Å². The van der Waals surface area contributed by atoms with Crippen molar-refractivity contribution in [3.05, 3.63) is 71.8 Å². The van der Waals surface area contributed by atoms with Gasteiger partial charge in [0.2, 0.25) is 0 Å². The van der Waals surface area contributed by atoms with Gasteiger partial charge < -0.3 is 14.6 Å². The summed E-state index contributed by atoms with van der Waals surface area (Å²) in [5.74, 6) is 0. The van der Waals surface area contributed by atoms with Crippen LogP contribution < -0.4 is 0 Å². The Bertz CT molecular complexity index is 580. The van der Waals surface area contributed by atoms with Crippen LogP contribution in [0.1, 0.15) is 11.1 Å². The molecule has 2 aromatic carbocycles. The van der Waals surface area contributed by atoms with Crippen LogP contribution in [0.15, 0.2) is 60.7 Å². The molecule has 2 aromatic rings. The molecular formula is C18H19NO3. The summed E-state index contributed by atoms with van der Waals surface area (Å²) < 4.78 is 11.2. The first-order chi connectivity index (χ1) is 10.8. The van der Waals surface area contributed by atoms with E-state index in [0.717, 1.165) is 11.1 Å². The Hall–Kier alpha value is -2.19. The number of aliphatic hydroxyl groups is 1. The quantitative estimate of drug-likeness (QED) is 0.761. The van der Waals surface area contributed by atoms with Crippen molar-refractivity contribution < 1.29 is 14.6 Å². The third-order valence-corrected chi connectivity index (χ3v) is 3.19. The molecule has 0 aliphatic rings. The Morgan fingerprint density at radius 3 is 2.00 bits per heavy atom. The van der Waals surface area contributed by atoms with Gasteiger partial charge in [-0.05, 0) is 11.1 Å². The highest BCUT2D eigenvalue weighted by Crippen LogP contribution is 2.08. The molecule has 0 fully saturated rings. The molecule has 0 aliphatic carbocycles. The van der Waals surface area contributed by atoms with Crippen LogP contribution >= 0.6 is 0 Å². The maximum atomic E-state index is 9.73. The summed E-state index contributed by atoms with van der Waals surface area (Å²) in [6.07, 6.45) is -1.88. The Morgan fingerprint density at radius 2 is 1.45 bits per heavy atom. The molecule has 0 saturated heterocycles. The molecule has 2 rings (SSSR count). The molecule has 22 heavy (non-hydrogen) atoms. The van der Waals surface area contributed by atoms with E-state index in [0.29, 0.717) is 13.2 Å². The van der Waals surface area contributed by atoms with E-state index in [1.165, 1.54) is 0 Å². The lowest BCUT2D eigenvalue weighted by Crippen LogP contribution is -2.32. The average Bonchev–Trinajstić information content (AvgIpc) is 2.59. The second kappa shape index (κ2) is 8.96. The van der Waals surface area contributed by atoms with Crippen LogP contribution in [0, 0.1) is 11.3 Å². The maximum Gasteiger partial charge on any atom is 0.168 e. The van der Waals surface area contributed by atoms with E-state index in [9.17, 15) is 5.11 Å². The predicted octanol–water partition coefficient (Wildman–Crippen LogP) is 2.67. The highest BCUT2D eigenvalue weighted by molar-refractivity contribution is 5.14. The number of rotatable bonds is 8. The summed E-state index contributed by atoms with van der Waals surface area (Å²) in [6.45, 7) is 0.916. The second-order valence-corrected chi connectivity index (χ2v) is 4.91.